The van der Waals surface area contributed by atoms with E-state index in [0.29, 0.717) is 0 Å². The maximum atomic E-state index is 10.6. The number of carbonyl (C=O) groups is 1. The van der Waals surface area contributed by atoms with E-state index in [1.807, 2.05) is 0 Å². The molecule has 1 rings (SSSR count). The molecule has 0 atom stereocenters. The molecular formula is C7H8B2O6. The Kier molecular flexibility index (Phi) is 3.48. The smallest absolute Gasteiger partial charge is 0.478 e. The van der Waals surface area contributed by atoms with E-state index in [-0.39, 0.29) is 16.5 Å². The van der Waals surface area contributed by atoms with E-state index < -0.39 is 20.2 Å². The van der Waals surface area contributed by atoms with Crippen LogP contribution in [-0.4, -0.2) is 45.4 Å². The highest BCUT2D eigenvalue weighted by atomic mass is 16.4. The topological polar surface area (TPSA) is 118 Å². The van der Waals surface area contributed by atoms with E-state index in [1.54, 1.807) is 0 Å². The molecule has 0 amide bonds. The minimum atomic E-state index is -1.86. The van der Waals surface area contributed by atoms with Crippen molar-refractivity contribution in [2.75, 3.05) is 0 Å². The first-order valence-electron chi connectivity index (χ1n) is 4.02. The average molecular weight is 210 g/mol. The summed E-state index contributed by atoms with van der Waals surface area (Å²) in [6, 6.07) is 3.18. The lowest BCUT2D eigenvalue weighted by atomic mass is 9.72. The van der Waals surface area contributed by atoms with Crippen LogP contribution in [0.15, 0.2) is 18.2 Å². The molecule has 1 aromatic carbocycles. The summed E-state index contributed by atoms with van der Waals surface area (Å²) in [7, 11) is -3.72. The number of aromatic carboxylic acids is 1. The van der Waals surface area contributed by atoms with Crippen LogP contribution in [0.3, 0.4) is 0 Å². The summed E-state index contributed by atoms with van der Waals surface area (Å²) >= 11 is 0. The van der Waals surface area contributed by atoms with Crippen LogP contribution in [0, 0.1) is 0 Å². The fraction of sp³-hybridized carbons (Fsp3) is 0. The molecule has 0 heterocycles. The molecule has 0 aliphatic carbocycles. The van der Waals surface area contributed by atoms with Gasteiger partial charge in [-0.15, -0.1) is 0 Å². The van der Waals surface area contributed by atoms with Crippen LogP contribution in [0.4, 0.5) is 0 Å². The first-order valence-corrected chi connectivity index (χ1v) is 4.02. The number of hydrogen-bond donors (Lipinski definition) is 5. The van der Waals surface area contributed by atoms with Gasteiger partial charge in [-0.1, -0.05) is 6.07 Å². The van der Waals surface area contributed by atoms with E-state index in [4.69, 9.17) is 25.2 Å². The summed E-state index contributed by atoms with van der Waals surface area (Å²) in [5.41, 5.74) is -0.472. The van der Waals surface area contributed by atoms with Gasteiger partial charge in [-0.3, -0.25) is 0 Å². The molecule has 15 heavy (non-hydrogen) atoms. The molecule has 1 aromatic rings. The van der Waals surface area contributed by atoms with Crippen LogP contribution in [0.2, 0.25) is 0 Å². The van der Waals surface area contributed by atoms with Crippen LogP contribution >= 0.6 is 0 Å². The highest BCUT2D eigenvalue weighted by Crippen LogP contribution is 1.96. The SMILES string of the molecule is O=C(O)c1cc(B(O)O)cc(B(O)O)c1. The number of hydrogen-bond acceptors (Lipinski definition) is 5. The van der Waals surface area contributed by atoms with E-state index in [9.17, 15) is 4.79 Å². The zero-order valence-electron chi connectivity index (χ0n) is 7.53. The molecule has 0 saturated heterocycles. The fourth-order valence-corrected chi connectivity index (χ4v) is 1.10. The van der Waals surface area contributed by atoms with Crippen molar-refractivity contribution in [2.24, 2.45) is 0 Å². The Morgan fingerprint density at radius 1 is 0.933 bits per heavy atom. The van der Waals surface area contributed by atoms with Gasteiger partial charge in [0.25, 0.3) is 0 Å². The molecule has 0 aliphatic rings. The van der Waals surface area contributed by atoms with Gasteiger partial charge in [-0.25, -0.2) is 4.79 Å². The molecule has 0 aromatic heterocycles. The lowest BCUT2D eigenvalue weighted by Gasteiger charge is -2.06. The number of benzene rings is 1. The first kappa shape index (κ1) is 11.7. The van der Waals surface area contributed by atoms with Crippen molar-refractivity contribution in [3.63, 3.8) is 0 Å². The first-order chi connectivity index (χ1) is 6.91. The standard InChI is InChI=1S/C7H8B2O6/c10-7(11)4-1-5(8(12)13)3-6(2-4)9(14)15/h1-3,12-15H,(H,10,11). The molecule has 0 aliphatic heterocycles. The van der Waals surface area contributed by atoms with Crippen LogP contribution < -0.4 is 10.9 Å². The van der Waals surface area contributed by atoms with Crippen LogP contribution in [0.25, 0.3) is 0 Å². The summed E-state index contributed by atoms with van der Waals surface area (Å²) in [5, 5.41) is 44.0. The predicted molar refractivity (Wildman–Crippen MR) is 53.1 cm³/mol. The summed E-state index contributed by atoms with van der Waals surface area (Å²) in [6.07, 6.45) is 0. The van der Waals surface area contributed by atoms with Gasteiger partial charge in [0.2, 0.25) is 0 Å². The fourth-order valence-electron chi connectivity index (χ4n) is 1.10. The van der Waals surface area contributed by atoms with Crippen molar-refractivity contribution in [3.8, 4) is 0 Å². The Bertz CT molecular complexity index is 351. The number of carboxylic acids is 1. The van der Waals surface area contributed by atoms with Crippen molar-refractivity contribution in [2.45, 2.75) is 0 Å². The van der Waals surface area contributed by atoms with E-state index in [1.165, 1.54) is 0 Å². The maximum Gasteiger partial charge on any atom is 0.488 e. The van der Waals surface area contributed by atoms with Crippen LogP contribution in [-0.2, 0) is 0 Å². The highest BCUT2D eigenvalue weighted by Gasteiger charge is 2.20. The Hall–Kier alpha value is -1.34. The largest absolute Gasteiger partial charge is 0.488 e. The normalized spacial score (nSPS) is 9.87. The molecular weight excluding hydrogens is 202 g/mol. The number of carboxylic acid groups (broad SMARTS) is 1. The second-order valence-corrected chi connectivity index (χ2v) is 2.94. The zero-order valence-corrected chi connectivity index (χ0v) is 7.53. The Morgan fingerprint density at radius 3 is 1.60 bits per heavy atom. The third kappa shape index (κ3) is 2.80. The van der Waals surface area contributed by atoms with Gasteiger partial charge in [-0.2, -0.15) is 0 Å². The third-order valence-corrected chi connectivity index (χ3v) is 1.82. The lowest BCUT2D eigenvalue weighted by Crippen LogP contribution is -2.39. The van der Waals surface area contributed by atoms with Crippen LogP contribution in [0.1, 0.15) is 10.4 Å². The Balaban J connectivity index is 3.26. The molecule has 5 N–H and O–H groups in total. The monoisotopic (exact) mass is 210 g/mol. The van der Waals surface area contributed by atoms with Gasteiger partial charge < -0.3 is 25.2 Å². The second kappa shape index (κ2) is 4.45. The Labute approximate surface area is 85.7 Å². The number of rotatable bonds is 3. The van der Waals surface area contributed by atoms with Crippen molar-refractivity contribution >= 4 is 31.1 Å². The van der Waals surface area contributed by atoms with E-state index >= 15 is 0 Å². The van der Waals surface area contributed by atoms with Crippen molar-refractivity contribution in [1.82, 2.24) is 0 Å². The van der Waals surface area contributed by atoms with Gasteiger partial charge in [0.15, 0.2) is 0 Å². The van der Waals surface area contributed by atoms with Crippen LogP contribution in [0.5, 0.6) is 0 Å². The molecule has 6 nitrogen and oxygen atoms in total. The maximum absolute atomic E-state index is 10.6. The molecule has 8 heteroatoms. The summed E-state index contributed by atoms with van der Waals surface area (Å²) in [4.78, 5) is 10.6. The minimum Gasteiger partial charge on any atom is -0.478 e. The average Bonchev–Trinajstić information content (AvgIpc) is 2.16. The minimum absolute atomic E-state index is 0.113. The summed E-state index contributed by atoms with van der Waals surface area (Å²) < 4.78 is 0. The summed E-state index contributed by atoms with van der Waals surface area (Å²) in [5.74, 6) is -1.29. The molecule has 0 saturated carbocycles. The molecule has 0 radical (unpaired) electrons. The van der Waals surface area contributed by atoms with E-state index in [2.05, 4.69) is 0 Å². The van der Waals surface area contributed by atoms with Crippen molar-refractivity contribution in [1.29, 1.82) is 0 Å². The second-order valence-electron chi connectivity index (χ2n) is 2.94. The molecule has 0 spiro atoms. The quantitative estimate of drug-likeness (QED) is 0.334. The third-order valence-electron chi connectivity index (χ3n) is 1.82. The molecule has 78 valence electrons. The predicted octanol–water partition coefficient (Wildman–Crippen LogP) is -3.26. The lowest BCUT2D eigenvalue weighted by molar-refractivity contribution is 0.0697. The molecule has 0 bridgehead atoms. The van der Waals surface area contributed by atoms with Gasteiger partial charge in [0.05, 0.1) is 5.56 Å². The van der Waals surface area contributed by atoms with Gasteiger partial charge in [0.1, 0.15) is 0 Å². The van der Waals surface area contributed by atoms with Crippen molar-refractivity contribution < 1.29 is 30.0 Å². The molecule has 0 unspecified atom stereocenters. The zero-order chi connectivity index (χ0) is 11.6. The molecule has 0 fully saturated rings. The van der Waals surface area contributed by atoms with E-state index in [0.717, 1.165) is 18.2 Å². The van der Waals surface area contributed by atoms with Crippen molar-refractivity contribution in [3.05, 3.63) is 23.8 Å². The van der Waals surface area contributed by atoms with Gasteiger partial charge >= 0.3 is 20.2 Å². The highest BCUT2D eigenvalue weighted by molar-refractivity contribution is 6.62. The summed E-state index contributed by atoms with van der Waals surface area (Å²) in [6.45, 7) is 0. The Morgan fingerprint density at radius 2 is 1.33 bits per heavy atom. The van der Waals surface area contributed by atoms with Gasteiger partial charge in [0, 0.05) is 0 Å². The van der Waals surface area contributed by atoms with Gasteiger partial charge in [-0.05, 0) is 23.1 Å².